The molecule has 0 saturated heterocycles. The average molecular weight is 270 g/mol. The van der Waals surface area contributed by atoms with E-state index in [4.69, 9.17) is 5.73 Å². The minimum atomic E-state index is -0.316. The second-order valence-electron chi connectivity index (χ2n) is 4.68. The van der Waals surface area contributed by atoms with Gasteiger partial charge in [-0.05, 0) is 36.6 Å². The van der Waals surface area contributed by atoms with Crippen molar-refractivity contribution in [2.45, 2.75) is 13.3 Å². The lowest BCUT2D eigenvalue weighted by Gasteiger charge is -2.09. The van der Waals surface area contributed by atoms with Crippen LogP contribution in [0.5, 0.6) is 5.75 Å². The van der Waals surface area contributed by atoms with Crippen LogP contribution in [-0.4, -0.2) is 17.6 Å². The van der Waals surface area contributed by atoms with Crippen molar-refractivity contribution in [1.29, 1.82) is 0 Å². The molecule has 0 bridgehead atoms. The maximum absolute atomic E-state index is 12.0. The number of hydrogen-bond donors (Lipinski definition) is 3. The lowest BCUT2D eigenvalue weighted by molar-refractivity contribution is 0.0951. The van der Waals surface area contributed by atoms with Gasteiger partial charge in [-0.25, -0.2) is 0 Å². The number of aromatic hydroxyl groups is 1. The Balaban J connectivity index is 1.96. The van der Waals surface area contributed by atoms with Gasteiger partial charge in [0.25, 0.3) is 5.91 Å². The number of nitrogens with two attached hydrogens (primary N) is 1. The fourth-order valence-electron chi connectivity index (χ4n) is 2.04. The number of nitrogen functional groups attached to an aromatic ring is 1. The molecule has 20 heavy (non-hydrogen) atoms. The molecule has 0 aromatic heterocycles. The molecular weight excluding hydrogens is 252 g/mol. The van der Waals surface area contributed by atoms with E-state index in [1.807, 2.05) is 31.2 Å². The molecule has 4 heteroatoms. The van der Waals surface area contributed by atoms with Crippen LogP contribution in [-0.2, 0) is 6.42 Å². The van der Waals surface area contributed by atoms with Gasteiger partial charge in [0.05, 0.1) is 11.3 Å². The van der Waals surface area contributed by atoms with Crippen LogP contribution in [0.4, 0.5) is 5.69 Å². The first-order chi connectivity index (χ1) is 9.59. The normalized spacial score (nSPS) is 10.2. The van der Waals surface area contributed by atoms with Gasteiger partial charge < -0.3 is 16.2 Å². The maximum atomic E-state index is 12.0. The quantitative estimate of drug-likeness (QED) is 0.589. The van der Waals surface area contributed by atoms with Gasteiger partial charge in [-0.2, -0.15) is 0 Å². The van der Waals surface area contributed by atoms with E-state index in [1.165, 1.54) is 11.1 Å². The number of phenols is 1. The number of para-hydroxylation sites is 1. The zero-order valence-electron chi connectivity index (χ0n) is 11.4. The van der Waals surface area contributed by atoms with Gasteiger partial charge in [0.1, 0.15) is 0 Å². The summed E-state index contributed by atoms with van der Waals surface area (Å²) >= 11 is 0. The molecule has 4 N–H and O–H groups in total. The number of aryl methyl sites for hydroxylation is 1. The summed E-state index contributed by atoms with van der Waals surface area (Å²) in [5, 5.41) is 12.5. The SMILES string of the molecule is Cc1ccccc1CCNC(=O)c1cccc(N)c1O. The van der Waals surface area contributed by atoms with E-state index in [0.717, 1.165) is 6.42 Å². The molecule has 4 nitrogen and oxygen atoms in total. The second kappa shape index (κ2) is 6.10. The third-order valence-electron chi connectivity index (χ3n) is 3.25. The predicted molar refractivity (Wildman–Crippen MR) is 79.7 cm³/mol. The monoisotopic (exact) mass is 270 g/mol. The summed E-state index contributed by atoms with van der Waals surface area (Å²) < 4.78 is 0. The Morgan fingerprint density at radius 2 is 1.95 bits per heavy atom. The smallest absolute Gasteiger partial charge is 0.255 e. The van der Waals surface area contributed by atoms with Crippen LogP contribution in [0.3, 0.4) is 0 Å². The molecule has 0 atom stereocenters. The number of anilines is 1. The van der Waals surface area contributed by atoms with Crippen LogP contribution in [0, 0.1) is 6.92 Å². The molecule has 0 saturated carbocycles. The number of benzene rings is 2. The van der Waals surface area contributed by atoms with Gasteiger partial charge in [0.15, 0.2) is 5.75 Å². The van der Waals surface area contributed by atoms with E-state index in [2.05, 4.69) is 5.32 Å². The van der Waals surface area contributed by atoms with Gasteiger partial charge >= 0.3 is 0 Å². The number of amides is 1. The van der Waals surface area contributed by atoms with Crippen LogP contribution < -0.4 is 11.1 Å². The lowest BCUT2D eigenvalue weighted by atomic mass is 10.1. The first-order valence-corrected chi connectivity index (χ1v) is 6.49. The fraction of sp³-hybridized carbons (Fsp3) is 0.188. The highest BCUT2D eigenvalue weighted by molar-refractivity contribution is 5.98. The summed E-state index contributed by atoms with van der Waals surface area (Å²) in [5.41, 5.74) is 8.38. The topological polar surface area (TPSA) is 75.4 Å². The summed E-state index contributed by atoms with van der Waals surface area (Å²) in [6.07, 6.45) is 0.751. The summed E-state index contributed by atoms with van der Waals surface area (Å²) in [6, 6.07) is 12.8. The van der Waals surface area contributed by atoms with Gasteiger partial charge in [-0.1, -0.05) is 30.3 Å². The number of rotatable bonds is 4. The van der Waals surface area contributed by atoms with Gasteiger partial charge in [-0.15, -0.1) is 0 Å². The van der Waals surface area contributed by atoms with Crippen molar-refractivity contribution in [2.75, 3.05) is 12.3 Å². The molecule has 0 aliphatic heterocycles. The Labute approximate surface area is 118 Å². The van der Waals surface area contributed by atoms with Gasteiger partial charge in [0.2, 0.25) is 0 Å². The molecule has 2 aromatic rings. The van der Waals surface area contributed by atoms with Crippen molar-refractivity contribution < 1.29 is 9.90 Å². The van der Waals surface area contributed by atoms with E-state index in [0.29, 0.717) is 6.54 Å². The van der Waals surface area contributed by atoms with Crippen molar-refractivity contribution in [1.82, 2.24) is 5.32 Å². The van der Waals surface area contributed by atoms with Gasteiger partial charge in [0, 0.05) is 6.54 Å². The van der Waals surface area contributed by atoms with E-state index >= 15 is 0 Å². The molecule has 104 valence electrons. The summed E-state index contributed by atoms with van der Waals surface area (Å²) in [5.74, 6) is -0.482. The number of carbonyl (C=O) groups excluding carboxylic acids is 1. The van der Waals surface area contributed by atoms with Crippen LogP contribution in [0.25, 0.3) is 0 Å². The highest BCUT2D eigenvalue weighted by Gasteiger charge is 2.12. The molecule has 2 rings (SSSR count). The standard InChI is InChI=1S/C16H18N2O2/c1-11-5-2-3-6-12(11)9-10-18-16(20)13-7-4-8-14(17)15(13)19/h2-8,19H,9-10,17H2,1H3,(H,18,20). The molecule has 1 amide bonds. The Morgan fingerprint density at radius 1 is 1.20 bits per heavy atom. The highest BCUT2D eigenvalue weighted by atomic mass is 16.3. The number of nitrogens with one attached hydrogen (secondary N) is 1. The van der Waals surface area contributed by atoms with Crippen molar-refractivity contribution in [2.24, 2.45) is 0 Å². The average Bonchev–Trinajstić information content (AvgIpc) is 2.44. The van der Waals surface area contributed by atoms with Crippen LogP contribution in [0.1, 0.15) is 21.5 Å². The van der Waals surface area contributed by atoms with Crippen LogP contribution in [0.2, 0.25) is 0 Å². The zero-order chi connectivity index (χ0) is 14.5. The van der Waals surface area contributed by atoms with Crippen LogP contribution >= 0.6 is 0 Å². The Morgan fingerprint density at radius 3 is 2.70 bits per heavy atom. The van der Waals surface area contributed by atoms with Crippen LogP contribution in [0.15, 0.2) is 42.5 Å². The summed E-state index contributed by atoms with van der Waals surface area (Å²) in [7, 11) is 0. The molecule has 0 aliphatic rings. The minimum Gasteiger partial charge on any atom is -0.505 e. The Bertz CT molecular complexity index is 624. The van der Waals surface area contributed by atoms with Crippen molar-refractivity contribution >= 4 is 11.6 Å². The first-order valence-electron chi connectivity index (χ1n) is 6.49. The second-order valence-corrected chi connectivity index (χ2v) is 4.68. The molecule has 0 heterocycles. The first kappa shape index (κ1) is 13.9. The zero-order valence-corrected chi connectivity index (χ0v) is 11.4. The Kier molecular flexibility index (Phi) is 4.25. The molecular formula is C16H18N2O2. The largest absolute Gasteiger partial charge is 0.505 e. The molecule has 0 fully saturated rings. The van der Waals surface area contributed by atoms with E-state index in [-0.39, 0.29) is 22.9 Å². The van der Waals surface area contributed by atoms with Crippen molar-refractivity contribution in [3.8, 4) is 5.75 Å². The molecule has 0 unspecified atom stereocenters. The number of carbonyl (C=O) groups is 1. The molecule has 0 radical (unpaired) electrons. The molecule has 0 spiro atoms. The summed E-state index contributed by atoms with van der Waals surface area (Å²) in [4.78, 5) is 12.0. The predicted octanol–water partition coefficient (Wildman–Crippen LogP) is 2.26. The lowest BCUT2D eigenvalue weighted by Crippen LogP contribution is -2.26. The van der Waals surface area contributed by atoms with Crippen molar-refractivity contribution in [3.63, 3.8) is 0 Å². The third kappa shape index (κ3) is 3.09. The Hall–Kier alpha value is -2.49. The molecule has 0 aliphatic carbocycles. The van der Waals surface area contributed by atoms with Crippen molar-refractivity contribution in [3.05, 3.63) is 59.2 Å². The number of phenolic OH excluding ortho intramolecular Hbond substituents is 1. The fourth-order valence-corrected chi connectivity index (χ4v) is 2.04. The van der Waals surface area contributed by atoms with E-state index < -0.39 is 0 Å². The van der Waals surface area contributed by atoms with E-state index in [1.54, 1.807) is 18.2 Å². The summed E-state index contributed by atoms with van der Waals surface area (Å²) in [6.45, 7) is 2.55. The van der Waals surface area contributed by atoms with Gasteiger partial charge in [-0.3, -0.25) is 4.79 Å². The minimum absolute atomic E-state index is 0.166. The van der Waals surface area contributed by atoms with E-state index in [9.17, 15) is 9.90 Å². The third-order valence-corrected chi connectivity index (χ3v) is 3.25. The molecule has 2 aromatic carbocycles. The number of hydrogen-bond acceptors (Lipinski definition) is 3. The maximum Gasteiger partial charge on any atom is 0.255 e. The highest BCUT2D eigenvalue weighted by Crippen LogP contribution is 2.24.